The van der Waals surface area contributed by atoms with E-state index in [-0.39, 0.29) is 0 Å². The summed E-state index contributed by atoms with van der Waals surface area (Å²) in [5, 5.41) is 9.47. The van der Waals surface area contributed by atoms with Crippen LogP contribution in [-0.4, -0.2) is 85.8 Å². The molecule has 0 aromatic rings. The Labute approximate surface area is 255 Å². The van der Waals surface area contributed by atoms with Gasteiger partial charge < -0.3 is 28.9 Å². The maximum Gasteiger partial charge on any atom is 0.333 e. The Balaban J connectivity index is 0. The lowest BCUT2D eigenvalue weighted by molar-refractivity contribution is -0.869. The molecule has 8 heteroatoms. The smallest absolute Gasteiger partial charge is 0.333 e. The SMILES string of the molecule is CC(C[N+](C)(C)C)P(=O)(O)O.CCCCCCCCCCCC/C=C\CCCCCCCCCOC[C@@H](O)COC. The molecule has 0 aliphatic rings. The van der Waals surface area contributed by atoms with Crippen molar-refractivity contribution in [3.05, 3.63) is 12.2 Å². The molecular formula is C33H71NO6P+. The molecule has 0 saturated carbocycles. The maximum atomic E-state index is 10.7. The fourth-order valence-electron chi connectivity index (χ4n) is 4.69. The minimum atomic E-state index is -3.87. The summed E-state index contributed by atoms with van der Waals surface area (Å²) in [6.45, 7) is 5.85. The Kier molecular flexibility index (Phi) is 31.1. The first kappa shape index (κ1) is 42.9. The summed E-state index contributed by atoms with van der Waals surface area (Å²) in [4.78, 5) is 17.5. The van der Waals surface area contributed by atoms with E-state index in [9.17, 15) is 9.67 Å². The second-order valence-electron chi connectivity index (χ2n) is 12.8. The van der Waals surface area contributed by atoms with E-state index >= 15 is 0 Å². The van der Waals surface area contributed by atoms with E-state index in [4.69, 9.17) is 19.3 Å². The van der Waals surface area contributed by atoms with Crippen molar-refractivity contribution < 1.29 is 33.4 Å². The number of methoxy groups -OCH3 is 1. The van der Waals surface area contributed by atoms with Gasteiger partial charge in [-0.15, -0.1) is 0 Å². The summed E-state index contributed by atoms with van der Waals surface area (Å²) >= 11 is 0. The quantitative estimate of drug-likeness (QED) is 0.0358. The number of aliphatic hydroxyl groups is 1. The number of hydrogen-bond acceptors (Lipinski definition) is 4. The van der Waals surface area contributed by atoms with E-state index in [0.29, 0.717) is 24.2 Å². The minimum Gasteiger partial charge on any atom is -0.388 e. The Bertz CT molecular complexity index is 605. The highest BCUT2D eigenvalue weighted by Crippen LogP contribution is 2.41. The lowest BCUT2D eigenvalue weighted by atomic mass is 10.1. The third kappa shape index (κ3) is 37.7. The maximum absolute atomic E-state index is 10.7. The van der Waals surface area contributed by atoms with Crippen LogP contribution in [0.1, 0.15) is 136 Å². The molecule has 0 aromatic heterocycles. The van der Waals surface area contributed by atoms with Crippen LogP contribution in [0.25, 0.3) is 0 Å². The number of aliphatic hydroxyl groups excluding tert-OH is 1. The van der Waals surface area contributed by atoms with Gasteiger partial charge in [0.25, 0.3) is 0 Å². The lowest BCUT2D eigenvalue weighted by Gasteiger charge is -2.27. The van der Waals surface area contributed by atoms with Crippen LogP contribution in [0.4, 0.5) is 0 Å². The van der Waals surface area contributed by atoms with Crippen LogP contribution >= 0.6 is 7.60 Å². The molecule has 0 heterocycles. The molecule has 41 heavy (non-hydrogen) atoms. The van der Waals surface area contributed by atoms with Gasteiger partial charge in [0.05, 0.1) is 40.9 Å². The van der Waals surface area contributed by atoms with E-state index < -0.39 is 19.4 Å². The van der Waals surface area contributed by atoms with Gasteiger partial charge >= 0.3 is 7.60 Å². The summed E-state index contributed by atoms with van der Waals surface area (Å²) in [7, 11) is 3.45. The van der Waals surface area contributed by atoms with Crippen LogP contribution in [-0.2, 0) is 14.0 Å². The second kappa shape index (κ2) is 29.8. The second-order valence-corrected chi connectivity index (χ2v) is 14.9. The van der Waals surface area contributed by atoms with Crippen LogP contribution in [0.2, 0.25) is 0 Å². The highest BCUT2D eigenvalue weighted by atomic mass is 31.2. The Morgan fingerprint density at radius 2 is 1.12 bits per heavy atom. The third-order valence-corrected chi connectivity index (χ3v) is 8.42. The van der Waals surface area contributed by atoms with Crippen molar-refractivity contribution in [2.45, 2.75) is 148 Å². The van der Waals surface area contributed by atoms with E-state index in [0.717, 1.165) is 13.0 Å². The first-order chi connectivity index (χ1) is 19.4. The molecule has 0 saturated heterocycles. The standard InChI is InChI=1S/C27H54O3.C6H16NO3P/c1-3-4-5-6-7-8-9-10-11-12-13-14-15-16-17-18-19-20-21-22-23-24-30-26-27(28)25-29-2;1-6(11(8,9)10)5-7(2,3)4/h14-15,27-28H,3-13,16-26H2,1-2H3;6H,5H2,1-4H3,(H-,8,9,10)/p+1/b15-14-;/t27-;/m0./s1. The highest BCUT2D eigenvalue weighted by molar-refractivity contribution is 7.52. The fourth-order valence-corrected chi connectivity index (χ4v) is 5.40. The summed E-state index contributed by atoms with van der Waals surface area (Å²) in [5.74, 6) is 0. The molecule has 0 aliphatic heterocycles. The molecule has 0 spiro atoms. The summed E-state index contributed by atoms with van der Waals surface area (Å²) in [5.41, 5.74) is -0.553. The lowest BCUT2D eigenvalue weighted by Crippen LogP contribution is -2.40. The highest BCUT2D eigenvalue weighted by Gasteiger charge is 2.28. The Hall–Kier alpha value is -0.270. The summed E-state index contributed by atoms with van der Waals surface area (Å²) in [6, 6.07) is 0. The number of nitrogens with zero attached hydrogens (tertiary/aromatic N) is 1. The number of ether oxygens (including phenoxy) is 2. The molecule has 0 aliphatic carbocycles. The van der Waals surface area contributed by atoms with Crippen LogP contribution in [0.5, 0.6) is 0 Å². The topological polar surface area (TPSA) is 96.2 Å². The van der Waals surface area contributed by atoms with E-state index in [1.54, 1.807) is 14.0 Å². The molecule has 0 bridgehead atoms. The van der Waals surface area contributed by atoms with E-state index in [1.807, 2.05) is 21.1 Å². The normalized spacial score (nSPS) is 13.8. The van der Waals surface area contributed by atoms with E-state index in [2.05, 4.69) is 19.1 Å². The molecule has 0 rings (SSSR count). The monoisotopic (exact) mass is 609 g/mol. The molecule has 248 valence electrons. The van der Waals surface area contributed by atoms with Crippen LogP contribution in [0, 0.1) is 0 Å². The van der Waals surface area contributed by atoms with Crippen molar-refractivity contribution in [3.8, 4) is 0 Å². The van der Waals surface area contributed by atoms with Crippen LogP contribution < -0.4 is 0 Å². The van der Waals surface area contributed by atoms with Crippen LogP contribution in [0.15, 0.2) is 12.2 Å². The first-order valence-corrected chi connectivity index (χ1v) is 18.4. The van der Waals surface area contributed by atoms with Crippen molar-refractivity contribution in [1.82, 2.24) is 0 Å². The average Bonchev–Trinajstić information content (AvgIpc) is 2.88. The van der Waals surface area contributed by atoms with Gasteiger partial charge in [0.1, 0.15) is 11.8 Å². The minimum absolute atomic E-state index is 0.356. The number of allylic oxidation sites excluding steroid dienone is 2. The van der Waals surface area contributed by atoms with Gasteiger partial charge in [0.15, 0.2) is 0 Å². The first-order valence-electron chi connectivity index (χ1n) is 16.7. The third-order valence-electron chi connectivity index (χ3n) is 7.11. The predicted molar refractivity (Wildman–Crippen MR) is 176 cm³/mol. The molecule has 3 N–H and O–H groups in total. The zero-order chi connectivity index (χ0) is 31.2. The van der Waals surface area contributed by atoms with Gasteiger partial charge in [-0.2, -0.15) is 0 Å². The number of hydrogen-bond donors (Lipinski definition) is 3. The fraction of sp³-hybridized carbons (Fsp3) is 0.939. The van der Waals surface area contributed by atoms with Gasteiger partial charge in [-0.1, -0.05) is 109 Å². The molecule has 2 atom stereocenters. The van der Waals surface area contributed by atoms with Crippen molar-refractivity contribution in [2.75, 3.05) is 54.6 Å². The largest absolute Gasteiger partial charge is 0.388 e. The molecule has 7 nitrogen and oxygen atoms in total. The number of rotatable bonds is 28. The number of quaternary nitrogens is 1. The van der Waals surface area contributed by atoms with E-state index in [1.165, 1.54) is 116 Å². The molecule has 0 amide bonds. The predicted octanol–water partition coefficient (Wildman–Crippen LogP) is 8.26. The zero-order valence-corrected chi connectivity index (χ0v) is 28.9. The van der Waals surface area contributed by atoms with Gasteiger partial charge in [-0.25, -0.2) is 0 Å². The van der Waals surface area contributed by atoms with Gasteiger partial charge in [0, 0.05) is 13.7 Å². The van der Waals surface area contributed by atoms with Gasteiger partial charge in [-0.3, -0.25) is 4.57 Å². The molecule has 0 fully saturated rings. The van der Waals surface area contributed by atoms with Crippen molar-refractivity contribution in [1.29, 1.82) is 0 Å². The Morgan fingerprint density at radius 1 is 0.707 bits per heavy atom. The van der Waals surface area contributed by atoms with Crippen LogP contribution in [0.3, 0.4) is 0 Å². The van der Waals surface area contributed by atoms with Gasteiger partial charge in [0.2, 0.25) is 0 Å². The zero-order valence-electron chi connectivity index (χ0n) is 28.0. The average molecular weight is 609 g/mol. The van der Waals surface area contributed by atoms with Crippen molar-refractivity contribution >= 4 is 7.60 Å². The Morgan fingerprint density at radius 3 is 1.49 bits per heavy atom. The molecule has 0 radical (unpaired) electrons. The molecule has 0 aromatic carbocycles. The molecule has 1 unspecified atom stereocenters. The summed E-state index contributed by atoms with van der Waals surface area (Å²) < 4.78 is 21.6. The summed E-state index contributed by atoms with van der Waals surface area (Å²) in [6.07, 6.45) is 30.2. The molecular weight excluding hydrogens is 537 g/mol. The van der Waals surface area contributed by atoms with Crippen molar-refractivity contribution in [3.63, 3.8) is 0 Å². The van der Waals surface area contributed by atoms with Gasteiger partial charge in [-0.05, 0) is 39.0 Å². The van der Waals surface area contributed by atoms with Crippen molar-refractivity contribution in [2.24, 2.45) is 0 Å². The number of unbranched alkanes of at least 4 members (excludes halogenated alkanes) is 17.